The Morgan fingerprint density at radius 2 is 1.55 bits per heavy atom. The third-order valence-electron chi connectivity index (χ3n) is 7.50. The highest BCUT2D eigenvalue weighted by molar-refractivity contribution is 5.37. The number of nitro groups is 1. The molecule has 230 valence electrons. The van der Waals surface area contributed by atoms with Crippen LogP contribution < -0.4 is 16.1 Å². The van der Waals surface area contributed by atoms with E-state index in [2.05, 4.69) is 5.10 Å². The van der Waals surface area contributed by atoms with Crippen LogP contribution in [0.1, 0.15) is 22.3 Å². The van der Waals surface area contributed by atoms with Crippen molar-refractivity contribution < 1.29 is 22.5 Å². The summed E-state index contributed by atoms with van der Waals surface area (Å²) >= 11 is 0. The van der Waals surface area contributed by atoms with Gasteiger partial charge in [-0.1, -0.05) is 48.5 Å². The second kappa shape index (κ2) is 12.8. The number of piperazine rings is 1. The largest absolute Gasteiger partial charge is 0.416 e. The third kappa shape index (κ3) is 6.86. The van der Waals surface area contributed by atoms with Crippen molar-refractivity contribution in [2.75, 3.05) is 31.1 Å². The SMILES string of the molecule is O=c1c(N2CCN(Cc3cccc([N+](=O)[O-])c3)CC2)nn(Cc2c(F)cccc2C(F)(F)F)c(=O)n1CCc1ccccc1. The predicted octanol–water partition coefficient (Wildman–Crippen LogP) is 4.08. The summed E-state index contributed by atoms with van der Waals surface area (Å²) in [4.78, 5) is 41.4. The Morgan fingerprint density at radius 1 is 0.864 bits per heavy atom. The molecule has 0 saturated carbocycles. The number of benzene rings is 3. The van der Waals surface area contributed by atoms with Crippen LogP contribution in [0, 0.1) is 15.9 Å². The van der Waals surface area contributed by atoms with Crippen molar-refractivity contribution in [3.63, 3.8) is 0 Å². The molecule has 0 N–H and O–H groups in total. The lowest BCUT2D eigenvalue weighted by molar-refractivity contribution is -0.384. The van der Waals surface area contributed by atoms with Crippen molar-refractivity contribution in [2.45, 2.75) is 32.2 Å². The van der Waals surface area contributed by atoms with Gasteiger partial charge in [0.05, 0.1) is 17.0 Å². The molecular weight excluding hydrogens is 584 g/mol. The Labute approximate surface area is 248 Å². The van der Waals surface area contributed by atoms with Gasteiger partial charge in [0.15, 0.2) is 0 Å². The van der Waals surface area contributed by atoms with Crippen molar-refractivity contribution in [2.24, 2.45) is 0 Å². The zero-order valence-corrected chi connectivity index (χ0v) is 23.4. The normalized spacial score (nSPS) is 14.1. The molecule has 10 nitrogen and oxygen atoms in total. The number of rotatable bonds is 9. The highest BCUT2D eigenvalue weighted by Crippen LogP contribution is 2.33. The zero-order chi connectivity index (χ0) is 31.4. The van der Waals surface area contributed by atoms with E-state index in [1.807, 2.05) is 23.1 Å². The monoisotopic (exact) mass is 612 g/mol. The lowest BCUT2D eigenvalue weighted by Crippen LogP contribution is -2.51. The first-order valence-corrected chi connectivity index (χ1v) is 13.8. The van der Waals surface area contributed by atoms with Gasteiger partial charge in [0.1, 0.15) is 5.82 Å². The summed E-state index contributed by atoms with van der Waals surface area (Å²) in [6.07, 6.45) is -4.58. The molecule has 14 heteroatoms. The molecule has 1 aromatic heterocycles. The minimum atomic E-state index is -4.87. The lowest BCUT2D eigenvalue weighted by atomic mass is 10.1. The lowest BCUT2D eigenvalue weighted by Gasteiger charge is -2.35. The number of anilines is 1. The quantitative estimate of drug-likeness (QED) is 0.159. The van der Waals surface area contributed by atoms with Gasteiger partial charge in [-0.3, -0.25) is 24.4 Å². The van der Waals surface area contributed by atoms with Crippen molar-refractivity contribution in [1.82, 2.24) is 19.2 Å². The Bertz CT molecular complexity index is 1770. The average Bonchev–Trinajstić information content (AvgIpc) is 3.00. The third-order valence-corrected chi connectivity index (χ3v) is 7.50. The van der Waals surface area contributed by atoms with Crippen molar-refractivity contribution in [1.29, 1.82) is 0 Å². The summed E-state index contributed by atoms with van der Waals surface area (Å²) in [5, 5.41) is 15.3. The zero-order valence-electron chi connectivity index (χ0n) is 23.4. The number of aromatic nitrogens is 3. The van der Waals surface area contributed by atoms with Crippen LogP contribution in [-0.2, 0) is 32.2 Å². The van der Waals surface area contributed by atoms with E-state index < -0.39 is 45.8 Å². The standard InChI is InChI=1S/C30H28F4N6O4/c31-26-11-5-10-25(30(32,33)34)24(26)20-39-29(42)38(13-12-21-6-2-1-3-7-21)28(41)27(35-39)37-16-14-36(15-17-37)19-22-8-4-9-23(18-22)40(43)44/h1-11,18H,12-17,19-20H2. The first kappa shape index (κ1) is 30.6. The van der Waals surface area contributed by atoms with Crippen LogP contribution in [0.2, 0.25) is 0 Å². The van der Waals surface area contributed by atoms with E-state index >= 15 is 0 Å². The Kier molecular flexibility index (Phi) is 8.90. The van der Waals surface area contributed by atoms with Gasteiger partial charge in [-0.15, -0.1) is 5.10 Å². The minimum absolute atomic E-state index is 0.0211. The minimum Gasteiger partial charge on any atom is -0.348 e. The van der Waals surface area contributed by atoms with E-state index in [1.54, 1.807) is 29.2 Å². The van der Waals surface area contributed by atoms with Crippen LogP contribution in [0.25, 0.3) is 0 Å². The van der Waals surface area contributed by atoms with Crippen LogP contribution in [0.5, 0.6) is 0 Å². The van der Waals surface area contributed by atoms with E-state index in [1.165, 1.54) is 12.1 Å². The summed E-state index contributed by atoms with van der Waals surface area (Å²) in [7, 11) is 0. The van der Waals surface area contributed by atoms with Crippen LogP contribution in [0.4, 0.5) is 29.1 Å². The molecule has 0 bridgehead atoms. The van der Waals surface area contributed by atoms with Crippen molar-refractivity contribution in [3.8, 4) is 0 Å². The molecule has 44 heavy (non-hydrogen) atoms. The maximum absolute atomic E-state index is 14.7. The van der Waals surface area contributed by atoms with Gasteiger partial charge in [0, 0.05) is 57.0 Å². The van der Waals surface area contributed by atoms with E-state index in [4.69, 9.17) is 0 Å². The molecule has 0 aliphatic carbocycles. The number of hydrogen-bond acceptors (Lipinski definition) is 7. The number of aryl methyl sites for hydroxylation is 1. The van der Waals surface area contributed by atoms with Crippen LogP contribution >= 0.6 is 0 Å². The molecule has 1 fully saturated rings. The molecular formula is C30H28F4N6O4. The van der Waals surface area contributed by atoms with Crippen LogP contribution in [0.15, 0.2) is 82.4 Å². The summed E-state index contributed by atoms with van der Waals surface area (Å²) in [6.45, 7) is 1.01. The van der Waals surface area contributed by atoms with Crippen molar-refractivity contribution >= 4 is 11.5 Å². The van der Waals surface area contributed by atoms with Gasteiger partial charge >= 0.3 is 11.9 Å². The number of nitrogens with zero attached hydrogens (tertiary/aromatic N) is 6. The van der Waals surface area contributed by atoms with Gasteiger partial charge in [0.2, 0.25) is 5.82 Å². The number of non-ortho nitro benzene ring substituents is 1. The van der Waals surface area contributed by atoms with Gasteiger partial charge in [-0.05, 0) is 29.7 Å². The molecule has 3 aromatic carbocycles. The predicted molar refractivity (Wildman–Crippen MR) is 154 cm³/mol. The summed E-state index contributed by atoms with van der Waals surface area (Å²) < 4.78 is 57.6. The van der Waals surface area contributed by atoms with E-state index in [9.17, 15) is 37.3 Å². The van der Waals surface area contributed by atoms with Gasteiger partial charge in [0.25, 0.3) is 11.2 Å². The molecule has 0 atom stereocenters. The smallest absolute Gasteiger partial charge is 0.348 e. The number of alkyl halides is 3. The molecule has 4 aromatic rings. The van der Waals surface area contributed by atoms with Gasteiger partial charge < -0.3 is 4.90 Å². The summed E-state index contributed by atoms with van der Waals surface area (Å²) in [5.74, 6) is -1.27. The average molecular weight is 613 g/mol. The second-order valence-electron chi connectivity index (χ2n) is 10.4. The molecule has 0 radical (unpaired) electrons. The maximum atomic E-state index is 14.7. The molecule has 0 spiro atoms. The van der Waals surface area contributed by atoms with Crippen LogP contribution in [0.3, 0.4) is 0 Å². The van der Waals surface area contributed by atoms with E-state index in [0.717, 1.165) is 33.9 Å². The number of halogens is 4. The Balaban J connectivity index is 1.45. The first-order chi connectivity index (χ1) is 21.0. The topological polar surface area (TPSA) is 107 Å². The molecule has 1 aliphatic heterocycles. The van der Waals surface area contributed by atoms with Gasteiger partial charge in [-0.25, -0.2) is 13.9 Å². The van der Waals surface area contributed by atoms with Crippen LogP contribution in [-0.4, -0.2) is 50.3 Å². The molecule has 0 amide bonds. The molecule has 0 unspecified atom stereocenters. The number of nitro benzene ring substituents is 1. The fraction of sp³-hybridized carbons (Fsp3) is 0.300. The highest BCUT2D eigenvalue weighted by atomic mass is 19.4. The second-order valence-corrected chi connectivity index (χ2v) is 10.4. The molecule has 2 heterocycles. The first-order valence-electron chi connectivity index (χ1n) is 13.8. The summed E-state index contributed by atoms with van der Waals surface area (Å²) in [6, 6.07) is 17.9. The fourth-order valence-electron chi connectivity index (χ4n) is 5.21. The Hall–Kier alpha value is -4.85. The van der Waals surface area contributed by atoms with Gasteiger partial charge in [-0.2, -0.15) is 13.2 Å². The number of hydrogen-bond donors (Lipinski definition) is 0. The van der Waals surface area contributed by atoms with E-state index in [-0.39, 0.29) is 18.1 Å². The fourth-order valence-corrected chi connectivity index (χ4v) is 5.21. The molecule has 1 saturated heterocycles. The maximum Gasteiger partial charge on any atom is 0.416 e. The molecule has 5 rings (SSSR count). The Morgan fingerprint density at radius 3 is 2.23 bits per heavy atom. The van der Waals surface area contributed by atoms with Crippen molar-refractivity contribution in [3.05, 3.63) is 132 Å². The highest BCUT2D eigenvalue weighted by Gasteiger charge is 2.35. The molecule has 1 aliphatic rings. The summed E-state index contributed by atoms with van der Waals surface area (Å²) in [5.41, 5.74) is -2.07. The van der Waals surface area contributed by atoms with E-state index in [0.29, 0.717) is 43.8 Å².